The summed E-state index contributed by atoms with van der Waals surface area (Å²) in [5.74, 6) is -0.865. The van der Waals surface area contributed by atoms with E-state index in [1.54, 1.807) is 48.5 Å². The second-order valence-corrected chi connectivity index (χ2v) is 5.85. The third-order valence-corrected chi connectivity index (χ3v) is 3.80. The Labute approximate surface area is 156 Å². The van der Waals surface area contributed by atoms with E-state index in [0.29, 0.717) is 21.9 Å². The van der Waals surface area contributed by atoms with Crippen LogP contribution in [-0.2, 0) is 9.53 Å². The van der Waals surface area contributed by atoms with Gasteiger partial charge in [-0.05, 0) is 55.5 Å². The summed E-state index contributed by atoms with van der Waals surface area (Å²) in [4.78, 5) is 36.0. The van der Waals surface area contributed by atoms with E-state index >= 15 is 0 Å². The van der Waals surface area contributed by atoms with E-state index in [0.717, 1.165) is 0 Å². The molecule has 2 aromatic carbocycles. The second-order valence-electron chi connectivity index (χ2n) is 5.41. The first-order valence-corrected chi connectivity index (χ1v) is 8.20. The van der Waals surface area contributed by atoms with Gasteiger partial charge in [-0.25, -0.2) is 0 Å². The molecule has 2 rings (SSSR count). The van der Waals surface area contributed by atoms with Crippen LogP contribution in [0.3, 0.4) is 0 Å². The van der Waals surface area contributed by atoms with Crippen LogP contribution in [-0.4, -0.2) is 37.4 Å². The van der Waals surface area contributed by atoms with E-state index in [4.69, 9.17) is 21.1 Å². The van der Waals surface area contributed by atoms with Crippen molar-refractivity contribution in [2.75, 3.05) is 13.7 Å². The molecule has 0 aliphatic carbocycles. The van der Waals surface area contributed by atoms with Crippen molar-refractivity contribution in [1.82, 2.24) is 5.32 Å². The maximum Gasteiger partial charge on any atom is 0.326 e. The Morgan fingerprint density at radius 3 is 2.15 bits per heavy atom. The zero-order valence-corrected chi connectivity index (χ0v) is 15.1. The molecule has 0 bridgehead atoms. The first-order chi connectivity index (χ1) is 12.4. The topological polar surface area (TPSA) is 81.7 Å². The summed E-state index contributed by atoms with van der Waals surface area (Å²) in [7, 11) is 1.53. The number of amides is 1. The van der Waals surface area contributed by atoms with E-state index in [1.807, 2.05) is 0 Å². The highest BCUT2D eigenvalue weighted by Gasteiger charge is 2.20. The average Bonchev–Trinajstić information content (AvgIpc) is 2.66. The number of benzene rings is 2. The molecule has 0 heterocycles. The van der Waals surface area contributed by atoms with E-state index in [9.17, 15) is 14.4 Å². The third-order valence-electron chi connectivity index (χ3n) is 3.55. The van der Waals surface area contributed by atoms with Crippen LogP contribution in [0.5, 0.6) is 5.75 Å². The minimum atomic E-state index is -0.969. The smallest absolute Gasteiger partial charge is 0.326 e. The van der Waals surface area contributed by atoms with Gasteiger partial charge in [0.2, 0.25) is 5.78 Å². The largest absolute Gasteiger partial charge is 0.497 e. The summed E-state index contributed by atoms with van der Waals surface area (Å²) in [6.45, 7) is 1.13. The fourth-order valence-electron chi connectivity index (χ4n) is 2.14. The molecule has 1 atom stereocenters. The summed E-state index contributed by atoms with van der Waals surface area (Å²) < 4.78 is 10.1. The number of carbonyl (C=O) groups excluding carboxylic acids is 3. The van der Waals surface area contributed by atoms with Crippen LogP contribution in [0.25, 0.3) is 0 Å². The van der Waals surface area contributed by atoms with E-state index in [-0.39, 0.29) is 12.3 Å². The highest BCUT2D eigenvalue weighted by molar-refractivity contribution is 6.30. The lowest BCUT2D eigenvalue weighted by atomic mass is 10.1. The minimum Gasteiger partial charge on any atom is -0.497 e. The number of ketones is 1. The van der Waals surface area contributed by atoms with Crippen LogP contribution < -0.4 is 10.1 Å². The Balaban J connectivity index is 1.85. The third kappa shape index (κ3) is 5.32. The van der Waals surface area contributed by atoms with Crippen LogP contribution in [0, 0.1) is 0 Å². The SMILES string of the molecule is COc1ccc(C(=O)[C@H](C)OC(=O)CNC(=O)c2ccc(Cl)cc2)cc1. The van der Waals surface area contributed by atoms with Crippen LogP contribution in [0.15, 0.2) is 48.5 Å². The molecule has 26 heavy (non-hydrogen) atoms. The molecular formula is C19H18ClNO5. The molecule has 6 nitrogen and oxygen atoms in total. The molecule has 0 radical (unpaired) electrons. The van der Waals surface area contributed by atoms with Gasteiger partial charge < -0.3 is 14.8 Å². The molecule has 0 saturated heterocycles. The summed E-state index contributed by atoms with van der Waals surface area (Å²) in [6, 6.07) is 12.7. The van der Waals surface area contributed by atoms with Gasteiger partial charge in [0.05, 0.1) is 7.11 Å². The molecule has 0 fully saturated rings. The molecule has 0 saturated carbocycles. The number of rotatable bonds is 7. The van der Waals surface area contributed by atoms with Gasteiger partial charge in [-0.15, -0.1) is 0 Å². The number of carbonyl (C=O) groups is 3. The van der Waals surface area contributed by atoms with Crippen molar-refractivity contribution in [2.45, 2.75) is 13.0 Å². The first kappa shape index (κ1) is 19.5. The van der Waals surface area contributed by atoms with Gasteiger partial charge in [0, 0.05) is 16.1 Å². The molecule has 2 aromatic rings. The van der Waals surface area contributed by atoms with Crippen molar-refractivity contribution < 1.29 is 23.9 Å². The Bertz CT molecular complexity index is 787. The van der Waals surface area contributed by atoms with Crippen LogP contribution in [0.1, 0.15) is 27.6 Å². The van der Waals surface area contributed by atoms with Crippen molar-refractivity contribution in [3.05, 3.63) is 64.7 Å². The standard InChI is InChI=1S/C19H18ClNO5/c1-12(18(23)13-5-9-16(25-2)10-6-13)26-17(22)11-21-19(24)14-3-7-15(20)8-4-14/h3-10,12H,11H2,1-2H3,(H,21,24)/t12-/m0/s1. The van der Waals surface area contributed by atoms with Gasteiger partial charge >= 0.3 is 5.97 Å². The predicted octanol–water partition coefficient (Wildman–Crippen LogP) is 2.89. The Hall–Kier alpha value is -2.86. The van der Waals surface area contributed by atoms with E-state index < -0.39 is 18.0 Å². The number of methoxy groups -OCH3 is 1. The lowest BCUT2D eigenvalue weighted by Crippen LogP contribution is -2.34. The Morgan fingerprint density at radius 1 is 1.00 bits per heavy atom. The highest BCUT2D eigenvalue weighted by Crippen LogP contribution is 2.14. The van der Waals surface area contributed by atoms with Crippen molar-refractivity contribution >= 4 is 29.3 Å². The second kappa shape index (κ2) is 9.01. The van der Waals surface area contributed by atoms with Crippen LogP contribution in [0.2, 0.25) is 5.02 Å². The van der Waals surface area contributed by atoms with Crippen molar-refractivity contribution in [2.24, 2.45) is 0 Å². The van der Waals surface area contributed by atoms with Gasteiger partial charge in [0.1, 0.15) is 12.3 Å². The zero-order valence-electron chi connectivity index (χ0n) is 14.3. The first-order valence-electron chi connectivity index (χ1n) is 7.82. The predicted molar refractivity (Wildman–Crippen MR) is 96.7 cm³/mol. The van der Waals surface area contributed by atoms with Gasteiger partial charge in [-0.1, -0.05) is 11.6 Å². The number of ether oxygens (including phenoxy) is 2. The molecule has 0 spiro atoms. The summed E-state index contributed by atoms with van der Waals surface area (Å²) >= 11 is 5.75. The maximum absolute atomic E-state index is 12.3. The zero-order chi connectivity index (χ0) is 19.1. The number of hydrogen-bond acceptors (Lipinski definition) is 5. The molecule has 0 unspecified atom stereocenters. The number of Topliss-reactive ketones (excluding diaryl/α,β-unsaturated/α-hetero) is 1. The van der Waals surface area contributed by atoms with E-state index in [2.05, 4.69) is 5.32 Å². The molecule has 0 aliphatic heterocycles. The molecule has 7 heteroatoms. The lowest BCUT2D eigenvalue weighted by Gasteiger charge is -2.13. The average molecular weight is 376 g/mol. The monoisotopic (exact) mass is 375 g/mol. The highest BCUT2D eigenvalue weighted by atomic mass is 35.5. The Morgan fingerprint density at radius 2 is 1.58 bits per heavy atom. The number of hydrogen-bond donors (Lipinski definition) is 1. The minimum absolute atomic E-state index is 0.343. The van der Waals surface area contributed by atoms with Gasteiger partial charge in [0.15, 0.2) is 6.10 Å². The fraction of sp³-hybridized carbons (Fsp3) is 0.211. The van der Waals surface area contributed by atoms with Gasteiger partial charge in [0.25, 0.3) is 5.91 Å². The summed E-state index contributed by atoms with van der Waals surface area (Å²) in [5.41, 5.74) is 0.765. The molecule has 1 amide bonds. The van der Waals surface area contributed by atoms with Gasteiger partial charge in [-0.2, -0.15) is 0 Å². The maximum atomic E-state index is 12.3. The van der Waals surface area contributed by atoms with Crippen molar-refractivity contribution in [3.63, 3.8) is 0 Å². The Kier molecular flexibility index (Phi) is 6.74. The number of esters is 1. The summed E-state index contributed by atoms with van der Waals surface area (Å²) in [6.07, 6.45) is -0.969. The fourth-order valence-corrected chi connectivity index (χ4v) is 2.26. The van der Waals surface area contributed by atoms with Gasteiger partial charge in [-0.3, -0.25) is 14.4 Å². The number of halogens is 1. The van der Waals surface area contributed by atoms with E-state index in [1.165, 1.54) is 14.0 Å². The lowest BCUT2D eigenvalue weighted by molar-refractivity contribution is -0.145. The molecule has 0 aliphatic rings. The molecular weight excluding hydrogens is 358 g/mol. The molecule has 1 N–H and O–H groups in total. The van der Waals surface area contributed by atoms with Crippen molar-refractivity contribution in [3.8, 4) is 5.75 Å². The summed E-state index contributed by atoms with van der Waals surface area (Å²) in [5, 5.41) is 2.94. The quantitative estimate of drug-likeness (QED) is 0.594. The van der Waals surface area contributed by atoms with Crippen LogP contribution >= 0.6 is 11.6 Å². The normalized spacial score (nSPS) is 11.3. The van der Waals surface area contributed by atoms with Crippen molar-refractivity contribution in [1.29, 1.82) is 0 Å². The van der Waals surface area contributed by atoms with Crippen LogP contribution in [0.4, 0.5) is 0 Å². The molecule has 136 valence electrons. The molecule has 0 aromatic heterocycles. The number of nitrogens with one attached hydrogen (secondary N) is 1.